The Morgan fingerprint density at radius 3 is 2.88 bits per heavy atom. The van der Waals surface area contributed by atoms with E-state index in [-0.39, 0.29) is 6.10 Å². The Labute approximate surface area is 96.0 Å². The van der Waals surface area contributed by atoms with Crippen molar-refractivity contribution in [3.05, 3.63) is 23.8 Å². The maximum absolute atomic E-state index is 9.75. The van der Waals surface area contributed by atoms with Crippen molar-refractivity contribution in [2.24, 2.45) is 0 Å². The van der Waals surface area contributed by atoms with Crippen LogP contribution in [0, 0.1) is 0 Å². The fourth-order valence-electron chi connectivity index (χ4n) is 2.09. The Balaban J connectivity index is 2.09. The van der Waals surface area contributed by atoms with Crippen molar-refractivity contribution >= 4 is 0 Å². The molecule has 2 rings (SSSR count). The van der Waals surface area contributed by atoms with E-state index in [2.05, 4.69) is 0 Å². The lowest BCUT2D eigenvalue weighted by Crippen LogP contribution is -2.28. The molecule has 1 aromatic carbocycles. The van der Waals surface area contributed by atoms with Crippen molar-refractivity contribution in [1.82, 2.24) is 0 Å². The molecule has 0 radical (unpaired) electrons. The van der Waals surface area contributed by atoms with Crippen LogP contribution in [-0.2, 0) is 6.42 Å². The van der Waals surface area contributed by atoms with E-state index < -0.39 is 5.60 Å². The molecule has 0 saturated carbocycles. The summed E-state index contributed by atoms with van der Waals surface area (Å²) in [6.45, 7) is 3.61. The average molecular weight is 222 g/mol. The van der Waals surface area contributed by atoms with Gasteiger partial charge in [0.2, 0.25) is 0 Å². The van der Waals surface area contributed by atoms with Gasteiger partial charge in [-0.1, -0.05) is 0 Å². The van der Waals surface area contributed by atoms with Gasteiger partial charge in [0.25, 0.3) is 0 Å². The van der Waals surface area contributed by atoms with Crippen LogP contribution in [0.2, 0.25) is 0 Å². The van der Waals surface area contributed by atoms with Crippen molar-refractivity contribution < 1.29 is 14.6 Å². The SMILES string of the molecule is COc1ccc2c(c1)CC(CC(C)(C)O)O2. The van der Waals surface area contributed by atoms with Crippen LogP contribution < -0.4 is 9.47 Å². The van der Waals surface area contributed by atoms with Gasteiger partial charge in [0, 0.05) is 18.4 Å². The molecule has 0 spiro atoms. The second kappa shape index (κ2) is 3.98. The first-order valence-electron chi connectivity index (χ1n) is 5.54. The van der Waals surface area contributed by atoms with Gasteiger partial charge in [-0.15, -0.1) is 0 Å². The van der Waals surface area contributed by atoms with Gasteiger partial charge in [0.05, 0.1) is 12.7 Å². The molecule has 0 aromatic heterocycles. The number of benzene rings is 1. The third kappa shape index (κ3) is 2.47. The van der Waals surface area contributed by atoms with Gasteiger partial charge in [0.15, 0.2) is 0 Å². The molecule has 0 saturated heterocycles. The van der Waals surface area contributed by atoms with Crippen LogP contribution in [0.15, 0.2) is 18.2 Å². The predicted octanol–water partition coefficient (Wildman–Crippen LogP) is 2.16. The molecule has 3 nitrogen and oxygen atoms in total. The van der Waals surface area contributed by atoms with E-state index in [9.17, 15) is 5.11 Å². The normalized spacial score (nSPS) is 19.1. The lowest BCUT2D eigenvalue weighted by molar-refractivity contribution is 0.0333. The lowest BCUT2D eigenvalue weighted by atomic mass is 9.98. The minimum Gasteiger partial charge on any atom is -0.497 e. The molecule has 1 N–H and O–H groups in total. The zero-order valence-corrected chi connectivity index (χ0v) is 9.99. The van der Waals surface area contributed by atoms with Crippen molar-refractivity contribution in [2.75, 3.05) is 7.11 Å². The van der Waals surface area contributed by atoms with Crippen LogP contribution in [0.25, 0.3) is 0 Å². The standard InChI is InChI=1S/C13H18O3/c1-13(2,14)8-11-7-9-6-10(15-3)4-5-12(9)16-11/h4-6,11,14H,7-8H2,1-3H3. The van der Waals surface area contributed by atoms with Crippen LogP contribution in [0.3, 0.4) is 0 Å². The minimum absolute atomic E-state index is 0.0714. The molecule has 0 fully saturated rings. The van der Waals surface area contributed by atoms with Crippen molar-refractivity contribution in [1.29, 1.82) is 0 Å². The topological polar surface area (TPSA) is 38.7 Å². The van der Waals surface area contributed by atoms with Crippen molar-refractivity contribution in [3.8, 4) is 11.5 Å². The van der Waals surface area contributed by atoms with Crippen LogP contribution >= 0.6 is 0 Å². The largest absolute Gasteiger partial charge is 0.497 e. The molecule has 1 atom stereocenters. The predicted molar refractivity (Wildman–Crippen MR) is 62.0 cm³/mol. The number of rotatable bonds is 3. The summed E-state index contributed by atoms with van der Waals surface area (Å²) in [7, 11) is 1.66. The van der Waals surface area contributed by atoms with E-state index in [4.69, 9.17) is 9.47 Å². The fourth-order valence-corrected chi connectivity index (χ4v) is 2.09. The Bertz CT molecular complexity index is 379. The van der Waals surface area contributed by atoms with Gasteiger partial charge >= 0.3 is 0 Å². The Kier molecular flexibility index (Phi) is 2.80. The van der Waals surface area contributed by atoms with E-state index in [0.717, 1.165) is 23.5 Å². The Hall–Kier alpha value is -1.22. The van der Waals surface area contributed by atoms with Gasteiger partial charge in [-0.3, -0.25) is 0 Å². The molecule has 0 aliphatic carbocycles. The Morgan fingerprint density at radius 2 is 2.25 bits per heavy atom. The van der Waals surface area contributed by atoms with E-state index in [1.807, 2.05) is 18.2 Å². The highest BCUT2D eigenvalue weighted by Gasteiger charge is 2.28. The van der Waals surface area contributed by atoms with E-state index >= 15 is 0 Å². The second-order valence-corrected chi connectivity index (χ2v) is 4.93. The molecule has 1 aliphatic rings. The van der Waals surface area contributed by atoms with Gasteiger partial charge in [-0.2, -0.15) is 0 Å². The highest BCUT2D eigenvalue weighted by molar-refractivity contribution is 5.43. The zero-order valence-electron chi connectivity index (χ0n) is 9.99. The first-order valence-corrected chi connectivity index (χ1v) is 5.54. The number of fused-ring (bicyclic) bond motifs is 1. The summed E-state index contributed by atoms with van der Waals surface area (Å²) in [5.41, 5.74) is 0.477. The average Bonchev–Trinajstić information content (AvgIpc) is 2.55. The number of hydrogen-bond acceptors (Lipinski definition) is 3. The monoisotopic (exact) mass is 222 g/mol. The first-order chi connectivity index (χ1) is 7.48. The smallest absolute Gasteiger partial charge is 0.123 e. The van der Waals surface area contributed by atoms with E-state index in [0.29, 0.717) is 6.42 Å². The maximum Gasteiger partial charge on any atom is 0.123 e. The summed E-state index contributed by atoms with van der Waals surface area (Å²) in [6.07, 6.45) is 1.56. The van der Waals surface area contributed by atoms with E-state index in [1.165, 1.54) is 0 Å². The molecule has 88 valence electrons. The van der Waals surface area contributed by atoms with Crippen molar-refractivity contribution in [2.45, 2.75) is 38.4 Å². The molecule has 3 heteroatoms. The molecule has 1 heterocycles. The lowest BCUT2D eigenvalue weighted by Gasteiger charge is -2.21. The van der Waals surface area contributed by atoms with E-state index in [1.54, 1.807) is 21.0 Å². The molecule has 0 amide bonds. The van der Waals surface area contributed by atoms with Crippen LogP contribution in [0.4, 0.5) is 0 Å². The van der Waals surface area contributed by atoms with Crippen LogP contribution in [0.5, 0.6) is 11.5 Å². The highest BCUT2D eigenvalue weighted by Crippen LogP contribution is 2.34. The molecule has 1 aliphatic heterocycles. The van der Waals surface area contributed by atoms with Crippen LogP contribution in [-0.4, -0.2) is 23.9 Å². The molecular weight excluding hydrogens is 204 g/mol. The Morgan fingerprint density at radius 1 is 1.50 bits per heavy atom. The summed E-state index contributed by atoms with van der Waals surface area (Å²) in [5.74, 6) is 1.77. The highest BCUT2D eigenvalue weighted by atomic mass is 16.5. The molecule has 1 unspecified atom stereocenters. The van der Waals surface area contributed by atoms with Crippen molar-refractivity contribution in [3.63, 3.8) is 0 Å². The molecular formula is C13H18O3. The van der Waals surface area contributed by atoms with Gasteiger partial charge in [-0.25, -0.2) is 0 Å². The quantitative estimate of drug-likeness (QED) is 0.851. The number of methoxy groups -OCH3 is 1. The van der Waals surface area contributed by atoms with Crippen LogP contribution in [0.1, 0.15) is 25.8 Å². The van der Waals surface area contributed by atoms with Gasteiger partial charge < -0.3 is 14.6 Å². The molecule has 0 bridgehead atoms. The fraction of sp³-hybridized carbons (Fsp3) is 0.538. The number of aliphatic hydroxyl groups is 1. The van der Waals surface area contributed by atoms with Gasteiger partial charge in [-0.05, 0) is 32.0 Å². The summed E-state index contributed by atoms with van der Waals surface area (Å²) < 4.78 is 10.9. The maximum atomic E-state index is 9.75. The summed E-state index contributed by atoms with van der Waals surface area (Å²) in [5, 5.41) is 9.75. The first kappa shape index (κ1) is 11.3. The minimum atomic E-state index is -0.684. The number of hydrogen-bond donors (Lipinski definition) is 1. The second-order valence-electron chi connectivity index (χ2n) is 4.93. The summed E-state index contributed by atoms with van der Waals surface area (Å²) in [4.78, 5) is 0. The summed E-state index contributed by atoms with van der Waals surface area (Å²) in [6, 6.07) is 5.82. The van der Waals surface area contributed by atoms with Gasteiger partial charge in [0.1, 0.15) is 17.6 Å². The molecule has 16 heavy (non-hydrogen) atoms. The summed E-state index contributed by atoms with van der Waals surface area (Å²) >= 11 is 0. The number of ether oxygens (including phenoxy) is 2. The third-order valence-electron chi connectivity index (χ3n) is 2.74. The zero-order chi connectivity index (χ0) is 11.8. The third-order valence-corrected chi connectivity index (χ3v) is 2.74. The molecule has 1 aromatic rings.